The number of hydrogen-bond donors (Lipinski definition) is 0. The molecule has 0 unspecified atom stereocenters. The molecule has 10 heteroatoms. The first kappa shape index (κ1) is 22.2. The number of aromatic nitrogens is 4. The van der Waals surface area contributed by atoms with Crippen molar-refractivity contribution >= 4 is 54.4 Å². The molecule has 0 spiro atoms. The Hall–Kier alpha value is -2.01. The van der Waals surface area contributed by atoms with Crippen LogP contribution < -0.4 is 0 Å². The highest BCUT2D eigenvalue weighted by atomic mass is 32.2. The molecule has 0 aliphatic carbocycles. The van der Waals surface area contributed by atoms with Crippen LogP contribution in [0.5, 0.6) is 0 Å². The van der Waals surface area contributed by atoms with Crippen molar-refractivity contribution in [3.8, 4) is 0 Å². The standard InChI is InChI=1S/C21H25N5O2S3/c1-6-9-26-17-8-7-15(31(27,28)25(4)5)10-16(17)24-18(26)11-29-20-19-13(2)14(3)30-21(19)23-12-22-20/h7-8,10,12H,6,9,11H2,1-5H3. The lowest BCUT2D eigenvalue weighted by atomic mass is 10.2. The second kappa shape index (κ2) is 8.50. The molecule has 3 heterocycles. The monoisotopic (exact) mass is 475 g/mol. The summed E-state index contributed by atoms with van der Waals surface area (Å²) in [6, 6.07) is 5.19. The maximum Gasteiger partial charge on any atom is 0.242 e. The number of thioether (sulfide) groups is 1. The van der Waals surface area contributed by atoms with Gasteiger partial charge in [-0.2, -0.15) is 0 Å². The van der Waals surface area contributed by atoms with Gasteiger partial charge in [0.25, 0.3) is 0 Å². The Balaban J connectivity index is 1.73. The molecule has 0 saturated heterocycles. The van der Waals surface area contributed by atoms with Crippen LogP contribution in [-0.2, 0) is 22.3 Å². The zero-order valence-corrected chi connectivity index (χ0v) is 20.7. The lowest BCUT2D eigenvalue weighted by molar-refractivity contribution is 0.521. The average molecular weight is 476 g/mol. The Morgan fingerprint density at radius 1 is 1.19 bits per heavy atom. The van der Waals surface area contributed by atoms with Crippen LogP contribution in [-0.4, -0.2) is 46.3 Å². The van der Waals surface area contributed by atoms with Gasteiger partial charge in [-0.1, -0.05) is 18.7 Å². The minimum Gasteiger partial charge on any atom is -0.327 e. The molecule has 0 saturated carbocycles. The molecule has 0 fully saturated rings. The molecular weight excluding hydrogens is 450 g/mol. The summed E-state index contributed by atoms with van der Waals surface area (Å²) in [5.41, 5.74) is 2.87. The zero-order valence-electron chi connectivity index (χ0n) is 18.2. The van der Waals surface area contributed by atoms with Gasteiger partial charge in [-0.25, -0.2) is 27.7 Å². The van der Waals surface area contributed by atoms with E-state index in [0.29, 0.717) is 11.3 Å². The summed E-state index contributed by atoms with van der Waals surface area (Å²) in [5, 5.41) is 2.07. The van der Waals surface area contributed by atoms with E-state index in [2.05, 4.69) is 35.3 Å². The van der Waals surface area contributed by atoms with E-state index in [4.69, 9.17) is 4.98 Å². The summed E-state index contributed by atoms with van der Waals surface area (Å²) in [6.45, 7) is 7.16. The third kappa shape index (κ3) is 3.97. The molecule has 0 aliphatic heterocycles. The Kier molecular flexibility index (Phi) is 6.08. The quantitative estimate of drug-likeness (QED) is 0.287. The fourth-order valence-electron chi connectivity index (χ4n) is 3.51. The van der Waals surface area contributed by atoms with Gasteiger partial charge in [-0.3, -0.25) is 0 Å². The first-order chi connectivity index (χ1) is 14.7. The van der Waals surface area contributed by atoms with E-state index in [-0.39, 0.29) is 4.90 Å². The van der Waals surface area contributed by atoms with Gasteiger partial charge in [0.2, 0.25) is 10.0 Å². The highest BCUT2D eigenvalue weighted by molar-refractivity contribution is 7.98. The van der Waals surface area contributed by atoms with Crippen molar-refractivity contribution in [2.45, 2.75) is 49.4 Å². The zero-order chi connectivity index (χ0) is 22.3. The number of sulfonamides is 1. The molecular formula is C21H25N5O2S3. The molecule has 0 radical (unpaired) electrons. The highest BCUT2D eigenvalue weighted by Crippen LogP contribution is 2.36. The van der Waals surface area contributed by atoms with Gasteiger partial charge in [0.1, 0.15) is 22.0 Å². The van der Waals surface area contributed by atoms with E-state index < -0.39 is 10.0 Å². The topological polar surface area (TPSA) is 81.0 Å². The Morgan fingerprint density at radius 2 is 1.97 bits per heavy atom. The number of imidazole rings is 1. The molecule has 164 valence electrons. The van der Waals surface area contributed by atoms with Gasteiger partial charge >= 0.3 is 0 Å². The molecule has 4 aromatic rings. The van der Waals surface area contributed by atoms with Crippen molar-refractivity contribution in [2.75, 3.05) is 14.1 Å². The summed E-state index contributed by atoms with van der Waals surface area (Å²) in [7, 11) is -0.432. The van der Waals surface area contributed by atoms with E-state index in [0.717, 1.165) is 39.5 Å². The van der Waals surface area contributed by atoms with Crippen LogP contribution >= 0.6 is 23.1 Å². The van der Waals surface area contributed by atoms with Gasteiger partial charge in [0.15, 0.2) is 0 Å². The Bertz CT molecular complexity index is 1370. The van der Waals surface area contributed by atoms with Crippen molar-refractivity contribution in [3.05, 3.63) is 40.8 Å². The van der Waals surface area contributed by atoms with Gasteiger partial charge < -0.3 is 4.57 Å². The number of aryl methyl sites for hydroxylation is 3. The predicted octanol–water partition coefficient (Wildman–Crippen LogP) is 4.61. The van der Waals surface area contributed by atoms with Crippen molar-refractivity contribution in [1.29, 1.82) is 0 Å². The van der Waals surface area contributed by atoms with Crippen molar-refractivity contribution in [1.82, 2.24) is 23.8 Å². The van der Waals surface area contributed by atoms with Crippen LogP contribution in [0.1, 0.15) is 29.6 Å². The lowest BCUT2D eigenvalue weighted by Crippen LogP contribution is -2.22. The summed E-state index contributed by atoms with van der Waals surface area (Å²) < 4.78 is 28.5. The number of fused-ring (bicyclic) bond motifs is 2. The van der Waals surface area contributed by atoms with Crippen molar-refractivity contribution in [2.24, 2.45) is 0 Å². The average Bonchev–Trinajstić information content (AvgIpc) is 3.23. The fraction of sp³-hybridized carbons (Fsp3) is 0.381. The van der Waals surface area contributed by atoms with Crippen LogP contribution in [0.15, 0.2) is 34.4 Å². The van der Waals surface area contributed by atoms with Gasteiger partial charge in [-0.05, 0) is 44.0 Å². The highest BCUT2D eigenvalue weighted by Gasteiger charge is 2.20. The normalized spacial score (nSPS) is 12.5. The number of hydrogen-bond acceptors (Lipinski definition) is 7. The van der Waals surface area contributed by atoms with E-state index >= 15 is 0 Å². The summed E-state index contributed by atoms with van der Waals surface area (Å²) >= 11 is 3.34. The van der Waals surface area contributed by atoms with Gasteiger partial charge in [-0.15, -0.1) is 11.3 Å². The Labute approximate surface area is 190 Å². The smallest absolute Gasteiger partial charge is 0.242 e. The minimum atomic E-state index is -3.50. The molecule has 31 heavy (non-hydrogen) atoms. The maximum absolute atomic E-state index is 12.5. The molecule has 3 aromatic heterocycles. The second-order valence-electron chi connectivity index (χ2n) is 7.55. The first-order valence-electron chi connectivity index (χ1n) is 9.99. The molecule has 0 atom stereocenters. The van der Waals surface area contributed by atoms with Gasteiger partial charge in [0.05, 0.1) is 21.7 Å². The van der Waals surface area contributed by atoms with Crippen LogP contribution in [0.3, 0.4) is 0 Å². The SMILES string of the molecule is CCCn1c(CSc2ncnc3sc(C)c(C)c23)nc2cc(S(=O)(=O)N(C)C)ccc21. The molecule has 0 bridgehead atoms. The lowest BCUT2D eigenvalue weighted by Gasteiger charge is -2.11. The van der Waals surface area contributed by atoms with Gasteiger partial charge in [0, 0.05) is 30.9 Å². The van der Waals surface area contributed by atoms with Crippen molar-refractivity contribution < 1.29 is 8.42 Å². The van der Waals surface area contributed by atoms with Crippen LogP contribution in [0, 0.1) is 13.8 Å². The predicted molar refractivity (Wildman–Crippen MR) is 127 cm³/mol. The molecule has 0 aliphatic rings. The molecule has 1 aromatic carbocycles. The maximum atomic E-state index is 12.5. The van der Waals surface area contributed by atoms with Crippen LogP contribution in [0.2, 0.25) is 0 Å². The van der Waals surface area contributed by atoms with Crippen molar-refractivity contribution in [3.63, 3.8) is 0 Å². The van der Waals surface area contributed by atoms with Crippen LogP contribution in [0.25, 0.3) is 21.3 Å². The summed E-state index contributed by atoms with van der Waals surface area (Å²) in [5.74, 6) is 1.56. The third-order valence-electron chi connectivity index (χ3n) is 5.29. The first-order valence-corrected chi connectivity index (χ1v) is 13.2. The largest absolute Gasteiger partial charge is 0.327 e. The summed E-state index contributed by atoms with van der Waals surface area (Å²) in [6.07, 6.45) is 2.58. The van der Waals surface area contributed by atoms with Crippen LogP contribution in [0.4, 0.5) is 0 Å². The van der Waals surface area contributed by atoms with E-state index in [9.17, 15) is 8.42 Å². The molecule has 7 nitrogen and oxygen atoms in total. The molecule has 0 N–H and O–H groups in total. The minimum absolute atomic E-state index is 0.257. The number of benzene rings is 1. The third-order valence-corrected chi connectivity index (χ3v) is 9.20. The second-order valence-corrected chi connectivity index (χ2v) is 11.9. The fourth-order valence-corrected chi connectivity index (χ4v) is 6.49. The number of nitrogens with zero attached hydrogens (tertiary/aromatic N) is 5. The number of thiophene rings is 1. The van der Waals surface area contributed by atoms with E-state index in [1.54, 1.807) is 41.6 Å². The molecule has 4 rings (SSSR count). The Morgan fingerprint density at radius 3 is 2.68 bits per heavy atom. The van der Waals surface area contributed by atoms with E-state index in [1.807, 2.05) is 6.07 Å². The van der Waals surface area contributed by atoms with E-state index in [1.165, 1.54) is 28.8 Å². The molecule has 0 amide bonds. The number of rotatable bonds is 7. The summed E-state index contributed by atoms with van der Waals surface area (Å²) in [4.78, 5) is 16.3.